The Hall–Kier alpha value is -2.15. The lowest BCUT2D eigenvalue weighted by atomic mass is 9.94. The highest BCUT2D eigenvalue weighted by molar-refractivity contribution is 7.99. The van der Waals surface area contributed by atoms with Crippen molar-refractivity contribution in [2.45, 2.75) is 30.0 Å². The summed E-state index contributed by atoms with van der Waals surface area (Å²) in [4.78, 5) is 11.6. The van der Waals surface area contributed by atoms with Crippen LogP contribution in [0, 0.1) is 12.7 Å². The van der Waals surface area contributed by atoms with Crippen molar-refractivity contribution in [3.63, 3.8) is 0 Å². The quantitative estimate of drug-likeness (QED) is 0.609. The van der Waals surface area contributed by atoms with Crippen LogP contribution in [0.15, 0.2) is 72.1 Å². The standard InChI is InChI=1S/C21H22FN3OS/c1-16-3-9-20(10-4-16)27-14-19-13-21(24(2)26-19,25-12-11-23-15-25)17-5-7-18(22)8-6-17/h3-12,15,19H,13-14H2,1-2H3/t19-,21+/m0/s1. The van der Waals surface area contributed by atoms with E-state index in [0.29, 0.717) is 0 Å². The normalized spacial score (nSPS) is 23.0. The fraction of sp³-hybridized carbons (Fsp3) is 0.286. The first-order valence-corrected chi connectivity index (χ1v) is 9.91. The van der Waals surface area contributed by atoms with Crippen molar-refractivity contribution in [1.29, 1.82) is 0 Å². The number of aryl methyl sites for hydroxylation is 1. The Morgan fingerprint density at radius 3 is 2.59 bits per heavy atom. The number of rotatable bonds is 5. The Morgan fingerprint density at radius 2 is 1.93 bits per heavy atom. The molecule has 1 fully saturated rings. The van der Waals surface area contributed by atoms with Crippen LogP contribution in [0.2, 0.25) is 0 Å². The molecule has 2 aromatic carbocycles. The molecule has 0 radical (unpaired) electrons. The maximum atomic E-state index is 13.5. The van der Waals surface area contributed by atoms with E-state index in [1.165, 1.54) is 22.6 Å². The molecule has 2 heterocycles. The molecule has 0 amide bonds. The van der Waals surface area contributed by atoms with E-state index < -0.39 is 5.66 Å². The lowest BCUT2D eigenvalue weighted by Gasteiger charge is -2.35. The number of imidazole rings is 1. The molecular formula is C21H22FN3OS. The first-order valence-electron chi connectivity index (χ1n) is 8.92. The van der Waals surface area contributed by atoms with E-state index in [1.807, 2.05) is 35.0 Å². The summed E-state index contributed by atoms with van der Waals surface area (Å²) in [5, 5.41) is 1.88. The zero-order valence-corrected chi connectivity index (χ0v) is 16.2. The molecule has 27 heavy (non-hydrogen) atoms. The predicted octanol–water partition coefficient (Wildman–Crippen LogP) is 4.46. The van der Waals surface area contributed by atoms with Gasteiger partial charge in [-0.15, -0.1) is 11.8 Å². The molecule has 140 valence electrons. The summed E-state index contributed by atoms with van der Waals surface area (Å²) in [6, 6.07) is 15.2. The second kappa shape index (κ2) is 7.46. The number of halogens is 1. The van der Waals surface area contributed by atoms with Gasteiger partial charge in [-0.3, -0.25) is 4.84 Å². The van der Waals surface area contributed by atoms with Crippen LogP contribution in [0.4, 0.5) is 4.39 Å². The van der Waals surface area contributed by atoms with Crippen molar-refractivity contribution in [2.24, 2.45) is 0 Å². The highest BCUT2D eigenvalue weighted by Gasteiger charge is 2.48. The molecule has 0 spiro atoms. The number of thioether (sulfide) groups is 1. The third kappa shape index (κ3) is 3.52. The van der Waals surface area contributed by atoms with Crippen LogP contribution >= 0.6 is 11.8 Å². The summed E-state index contributed by atoms with van der Waals surface area (Å²) >= 11 is 1.79. The fourth-order valence-electron chi connectivity index (χ4n) is 3.62. The molecule has 4 nitrogen and oxygen atoms in total. The number of hydroxylamine groups is 2. The molecule has 0 bridgehead atoms. The molecule has 0 unspecified atom stereocenters. The number of benzene rings is 2. The smallest absolute Gasteiger partial charge is 0.149 e. The Morgan fingerprint density at radius 1 is 1.19 bits per heavy atom. The Labute approximate surface area is 162 Å². The first-order chi connectivity index (χ1) is 13.1. The van der Waals surface area contributed by atoms with Gasteiger partial charge in [0.05, 0.1) is 12.4 Å². The average Bonchev–Trinajstić information content (AvgIpc) is 3.31. The molecule has 6 heteroatoms. The third-order valence-electron chi connectivity index (χ3n) is 5.04. The molecule has 1 aliphatic rings. The second-order valence-corrected chi connectivity index (χ2v) is 7.94. The van der Waals surface area contributed by atoms with Crippen LogP contribution in [-0.2, 0) is 10.5 Å². The monoisotopic (exact) mass is 383 g/mol. The molecule has 1 aromatic heterocycles. The molecule has 0 saturated carbocycles. The van der Waals surface area contributed by atoms with Crippen molar-refractivity contribution < 1.29 is 9.23 Å². The molecular weight excluding hydrogens is 361 g/mol. The molecule has 1 saturated heterocycles. The summed E-state index contributed by atoms with van der Waals surface area (Å²) in [7, 11) is 1.93. The topological polar surface area (TPSA) is 30.3 Å². The van der Waals surface area contributed by atoms with Crippen LogP contribution < -0.4 is 0 Å². The SMILES string of the molecule is Cc1ccc(SC[C@@H]2C[C@](c3ccc(F)cc3)(n3ccnc3)N(C)O2)cc1. The van der Waals surface area contributed by atoms with Gasteiger partial charge in [0.2, 0.25) is 0 Å². The van der Waals surface area contributed by atoms with E-state index >= 15 is 0 Å². The van der Waals surface area contributed by atoms with Gasteiger partial charge in [0.25, 0.3) is 0 Å². The van der Waals surface area contributed by atoms with E-state index in [4.69, 9.17) is 4.84 Å². The second-order valence-electron chi connectivity index (χ2n) is 6.85. The zero-order valence-electron chi connectivity index (χ0n) is 15.4. The first kappa shape index (κ1) is 18.2. The molecule has 0 aliphatic carbocycles. The van der Waals surface area contributed by atoms with E-state index in [9.17, 15) is 4.39 Å². The number of aromatic nitrogens is 2. The summed E-state index contributed by atoms with van der Waals surface area (Å²) in [5.74, 6) is 0.595. The van der Waals surface area contributed by atoms with E-state index in [1.54, 1.807) is 24.3 Å². The van der Waals surface area contributed by atoms with Crippen molar-refractivity contribution in [1.82, 2.24) is 14.6 Å². The van der Waals surface area contributed by atoms with Gasteiger partial charge in [-0.2, -0.15) is 5.06 Å². The van der Waals surface area contributed by atoms with Gasteiger partial charge in [0.15, 0.2) is 0 Å². The van der Waals surface area contributed by atoms with Gasteiger partial charge < -0.3 is 4.57 Å². The summed E-state index contributed by atoms with van der Waals surface area (Å²) in [6.45, 7) is 2.09. The predicted molar refractivity (Wildman–Crippen MR) is 105 cm³/mol. The maximum absolute atomic E-state index is 13.5. The summed E-state index contributed by atoms with van der Waals surface area (Å²) < 4.78 is 15.5. The van der Waals surface area contributed by atoms with Crippen LogP contribution in [0.5, 0.6) is 0 Å². The van der Waals surface area contributed by atoms with E-state index in [0.717, 1.165) is 17.7 Å². The number of hydrogen-bond acceptors (Lipinski definition) is 4. The third-order valence-corrected chi connectivity index (χ3v) is 6.18. The Balaban J connectivity index is 1.58. The van der Waals surface area contributed by atoms with Crippen LogP contribution in [0.25, 0.3) is 0 Å². The molecule has 2 atom stereocenters. The fourth-order valence-corrected chi connectivity index (χ4v) is 4.50. The maximum Gasteiger partial charge on any atom is 0.149 e. The zero-order chi connectivity index (χ0) is 18.9. The van der Waals surface area contributed by atoms with Gasteiger partial charge in [-0.1, -0.05) is 29.8 Å². The van der Waals surface area contributed by atoms with Crippen LogP contribution in [-0.4, -0.2) is 33.5 Å². The Bertz CT molecular complexity index is 883. The molecule has 4 rings (SSSR count). The summed E-state index contributed by atoms with van der Waals surface area (Å²) in [5.41, 5.74) is 1.70. The number of nitrogens with zero attached hydrogens (tertiary/aromatic N) is 3. The molecule has 1 aliphatic heterocycles. The molecule has 3 aromatic rings. The minimum absolute atomic E-state index is 0.0359. The summed E-state index contributed by atoms with van der Waals surface area (Å²) in [6.07, 6.45) is 6.27. The minimum Gasteiger partial charge on any atom is -0.312 e. The highest BCUT2D eigenvalue weighted by Crippen LogP contribution is 2.42. The minimum atomic E-state index is -0.539. The number of hydrogen-bond donors (Lipinski definition) is 0. The lowest BCUT2D eigenvalue weighted by molar-refractivity contribution is -0.173. The average molecular weight is 383 g/mol. The van der Waals surface area contributed by atoms with Crippen molar-refractivity contribution in [3.8, 4) is 0 Å². The van der Waals surface area contributed by atoms with Gasteiger partial charge in [0, 0.05) is 36.5 Å². The lowest BCUT2D eigenvalue weighted by Crippen LogP contribution is -2.44. The van der Waals surface area contributed by atoms with Crippen molar-refractivity contribution in [2.75, 3.05) is 12.8 Å². The van der Waals surface area contributed by atoms with Gasteiger partial charge in [0.1, 0.15) is 11.5 Å². The molecule has 0 N–H and O–H groups in total. The largest absolute Gasteiger partial charge is 0.312 e. The van der Waals surface area contributed by atoms with Crippen molar-refractivity contribution in [3.05, 3.63) is 84.2 Å². The van der Waals surface area contributed by atoms with Crippen molar-refractivity contribution >= 4 is 11.8 Å². The van der Waals surface area contributed by atoms with Gasteiger partial charge >= 0.3 is 0 Å². The van der Waals surface area contributed by atoms with E-state index in [2.05, 4.69) is 36.2 Å². The van der Waals surface area contributed by atoms with Gasteiger partial charge in [-0.05, 0) is 36.8 Å². The van der Waals surface area contributed by atoms with E-state index in [-0.39, 0.29) is 11.9 Å². The van der Waals surface area contributed by atoms with Crippen LogP contribution in [0.3, 0.4) is 0 Å². The van der Waals surface area contributed by atoms with Crippen LogP contribution in [0.1, 0.15) is 17.5 Å². The highest BCUT2D eigenvalue weighted by atomic mass is 32.2. The Kier molecular flexibility index (Phi) is 5.04. The van der Waals surface area contributed by atoms with Gasteiger partial charge in [-0.25, -0.2) is 9.37 Å².